The highest BCUT2D eigenvalue weighted by Gasteiger charge is 2.25. The number of amides is 2. The molecule has 0 spiro atoms. The summed E-state index contributed by atoms with van der Waals surface area (Å²) >= 11 is 0. The molecule has 1 aliphatic carbocycles. The van der Waals surface area contributed by atoms with E-state index in [0.717, 1.165) is 36.0 Å². The molecular weight excluding hydrogens is 280 g/mol. The third-order valence-corrected chi connectivity index (χ3v) is 4.14. The standard InChI is InChI=1S/C17H26N2O3/c1-11-6-12(2)8-13(7-11)16(20)10-18-17(21)19-14-4-5-15(9-14)22-3/h6-8,14-16,20H,4-5,9-10H2,1-3H3,(H2,18,19,21)/t14-,15-,16-/m1/s1. The van der Waals surface area contributed by atoms with E-state index >= 15 is 0 Å². The normalized spacial score (nSPS) is 22.4. The second kappa shape index (κ2) is 7.61. The zero-order chi connectivity index (χ0) is 16.1. The van der Waals surface area contributed by atoms with Crippen molar-refractivity contribution in [3.8, 4) is 0 Å². The van der Waals surface area contributed by atoms with Crippen molar-refractivity contribution in [3.63, 3.8) is 0 Å². The van der Waals surface area contributed by atoms with Crippen molar-refractivity contribution >= 4 is 6.03 Å². The molecule has 0 radical (unpaired) electrons. The fourth-order valence-electron chi connectivity index (χ4n) is 3.03. The Balaban J connectivity index is 1.78. The first-order valence-electron chi connectivity index (χ1n) is 7.81. The molecule has 1 aromatic carbocycles. The molecule has 1 aliphatic rings. The molecule has 0 heterocycles. The average molecular weight is 306 g/mol. The van der Waals surface area contributed by atoms with E-state index in [4.69, 9.17) is 4.74 Å². The van der Waals surface area contributed by atoms with Gasteiger partial charge in [-0.3, -0.25) is 0 Å². The largest absolute Gasteiger partial charge is 0.387 e. The van der Waals surface area contributed by atoms with Crippen LogP contribution in [0.2, 0.25) is 0 Å². The molecule has 0 aromatic heterocycles. The molecule has 3 atom stereocenters. The van der Waals surface area contributed by atoms with E-state index in [0.29, 0.717) is 0 Å². The minimum Gasteiger partial charge on any atom is -0.387 e. The molecule has 0 unspecified atom stereocenters. The van der Waals surface area contributed by atoms with E-state index in [1.807, 2.05) is 26.0 Å². The summed E-state index contributed by atoms with van der Waals surface area (Å²) in [5.41, 5.74) is 3.04. The van der Waals surface area contributed by atoms with E-state index in [1.54, 1.807) is 7.11 Å². The van der Waals surface area contributed by atoms with Gasteiger partial charge in [0, 0.05) is 19.7 Å². The third kappa shape index (κ3) is 4.71. The Hall–Kier alpha value is -1.59. The Kier molecular flexibility index (Phi) is 5.80. The maximum Gasteiger partial charge on any atom is 0.315 e. The number of rotatable bonds is 5. The van der Waals surface area contributed by atoms with Gasteiger partial charge in [0.15, 0.2) is 0 Å². The summed E-state index contributed by atoms with van der Waals surface area (Å²) in [6.07, 6.45) is 2.31. The van der Waals surface area contributed by atoms with Crippen LogP contribution in [0.1, 0.15) is 42.1 Å². The molecule has 0 aliphatic heterocycles. The number of carbonyl (C=O) groups is 1. The molecule has 3 N–H and O–H groups in total. The second-order valence-electron chi connectivity index (χ2n) is 6.16. The quantitative estimate of drug-likeness (QED) is 0.781. The van der Waals surface area contributed by atoms with Crippen molar-refractivity contribution < 1.29 is 14.6 Å². The summed E-state index contributed by atoms with van der Waals surface area (Å²) < 4.78 is 5.29. The first-order chi connectivity index (χ1) is 10.5. The number of nitrogens with one attached hydrogen (secondary N) is 2. The van der Waals surface area contributed by atoms with Crippen molar-refractivity contribution in [1.29, 1.82) is 0 Å². The second-order valence-corrected chi connectivity index (χ2v) is 6.16. The van der Waals surface area contributed by atoms with Crippen LogP contribution in [-0.2, 0) is 4.74 Å². The van der Waals surface area contributed by atoms with E-state index in [1.165, 1.54) is 0 Å². The molecule has 0 saturated heterocycles. The highest BCUT2D eigenvalue weighted by atomic mass is 16.5. The molecule has 5 heteroatoms. The van der Waals surface area contributed by atoms with Crippen LogP contribution >= 0.6 is 0 Å². The first kappa shape index (κ1) is 16.8. The van der Waals surface area contributed by atoms with Crippen LogP contribution in [0.5, 0.6) is 0 Å². The predicted octanol–water partition coefficient (Wildman–Crippen LogP) is 2.20. The van der Waals surface area contributed by atoms with Crippen molar-refractivity contribution in [2.24, 2.45) is 0 Å². The summed E-state index contributed by atoms with van der Waals surface area (Å²) in [6, 6.07) is 5.87. The van der Waals surface area contributed by atoms with Gasteiger partial charge in [-0.2, -0.15) is 0 Å². The maximum atomic E-state index is 11.9. The van der Waals surface area contributed by atoms with Gasteiger partial charge in [0.1, 0.15) is 0 Å². The van der Waals surface area contributed by atoms with Gasteiger partial charge in [-0.1, -0.05) is 29.3 Å². The van der Waals surface area contributed by atoms with Crippen molar-refractivity contribution in [2.45, 2.75) is 51.4 Å². The molecule has 1 fully saturated rings. The SMILES string of the molecule is CO[C@@H]1CC[C@@H](NC(=O)NC[C@@H](O)c2cc(C)cc(C)c2)C1. The number of hydrogen-bond acceptors (Lipinski definition) is 3. The molecule has 5 nitrogen and oxygen atoms in total. The fraction of sp³-hybridized carbons (Fsp3) is 0.588. The number of aryl methyl sites for hydroxylation is 2. The molecule has 1 aromatic rings. The molecule has 2 amide bonds. The molecular formula is C17H26N2O3. The van der Waals surface area contributed by atoms with E-state index in [2.05, 4.69) is 16.7 Å². The lowest BCUT2D eigenvalue weighted by atomic mass is 10.0. The van der Waals surface area contributed by atoms with Crippen LogP contribution < -0.4 is 10.6 Å². The number of benzene rings is 1. The zero-order valence-corrected chi connectivity index (χ0v) is 13.6. The predicted molar refractivity (Wildman–Crippen MR) is 85.8 cm³/mol. The van der Waals surface area contributed by atoms with Crippen molar-refractivity contribution in [1.82, 2.24) is 10.6 Å². The number of carbonyl (C=O) groups excluding carboxylic acids is 1. The highest BCUT2D eigenvalue weighted by molar-refractivity contribution is 5.74. The van der Waals surface area contributed by atoms with Gasteiger partial charge in [0.05, 0.1) is 12.2 Å². The molecule has 22 heavy (non-hydrogen) atoms. The third-order valence-electron chi connectivity index (χ3n) is 4.14. The zero-order valence-electron chi connectivity index (χ0n) is 13.6. The van der Waals surface area contributed by atoms with Gasteiger partial charge in [0.2, 0.25) is 0 Å². The minimum absolute atomic E-state index is 0.156. The Labute approximate surface area is 132 Å². The van der Waals surface area contributed by atoms with Gasteiger partial charge in [-0.25, -0.2) is 4.79 Å². The fourth-order valence-corrected chi connectivity index (χ4v) is 3.03. The minimum atomic E-state index is -0.695. The Morgan fingerprint density at radius 3 is 2.59 bits per heavy atom. The van der Waals surface area contributed by atoms with E-state index in [9.17, 15) is 9.90 Å². The topological polar surface area (TPSA) is 70.6 Å². The van der Waals surface area contributed by atoms with Crippen LogP contribution in [0.25, 0.3) is 0 Å². The number of aliphatic hydroxyl groups excluding tert-OH is 1. The maximum absolute atomic E-state index is 11.9. The summed E-state index contributed by atoms with van der Waals surface area (Å²) in [5.74, 6) is 0. The highest BCUT2D eigenvalue weighted by Crippen LogP contribution is 2.21. The van der Waals surface area contributed by atoms with Crippen molar-refractivity contribution in [2.75, 3.05) is 13.7 Å². The van der Waals surface area contributed by atoms with Gasteiger partial charge in [0.25, 0.3) is 0 Å². The van der Waals surface area contributed by atoms with Gasteiger partial charge in [-0.15, -0.1) is 0 Å². The average Bonchev–Trinajstić information content (AvgIpc) is 2.91. The Bertz CT molecular complexity index is 498. The van der Waals surface area contributed by atoms with Crippen LogP contribution in [-0.4, -0.2) is 36.9 Å². The first-order valence-corrected chi connectivity index (χ1v) is 7.81. The Morgan fingerprint density at radius 2 is 2.00 bits per heavy atom. The molecule has 1 saturated carbocycles. The van der Waals surface area contributed by atoms with Crippen LogP contribution in [0.3, 0.4) is 0 Å². The van der Waals surface area contributed by atoms with E-state index < -0.39 is 6.10 Å². The van der Waals surface area contributed by atoms with Crippen LogP contribution in [0.15, 0.2) is 18.2 Å². The summed E-state index contributed by atoms with van der Waals surface area (Å²) in [7, 11) is 1.70. The summed E-state index contributed by atoms with van der Waals surface area (Å²) in [6.45, 7) is 4.19. The van der Waals surface area contributed by atoms with Gasteiger partial charge >= 0.3 is 6.03 Å². The molecule has 0 bridgehead atoms. The molecule has 122 valence electrons. The lowest BCUT2D eigenvalue weighted by Crippen LogP contribution is -2.42. The number of urea groups is 1. The number of hydrogen-bond donors (Lipinski definition) is 3. The molecule has 2 rings (SSSR count). The van der Waals surface area contributed by atoms with E-state index in [-0.39, 0.29) is 24.7 Å². The van der Waals surface area contributed by atoms with Crippen molar-refractivity contribution in [3.05, 3.63) is 34.9 Å². The number of ether oxygens (including phenoxy) is 1. The lowest BCUT2D eigenvalue weighted by Gasteiger charge is -2.17. The number of methoxy groups -OCH3 is 1. The van der Waals surface area contributed by atoms with Crippen LogP contribution in [0, 0.1) is 13.8 Å². The van der Waals surface area contributed by atoms with Gasteiger partial charge in [-0.05, 0) is 38.7 Å². The summed E-state index contributed by atoms with van der Waals surface area (Å²) in [5, 5.41) is 15.9. The summed E-state index contributed by atoms with van der Waals surface area (Å²) in [4.78, 5) is 11.9. The van der Waals surface area contributed by atoms with Crippen LogP contribution in [0.4, 0.5) is 4.79 Å². The smallest absolute Gasteiger partial charge is 0.315 e. The Morgan fingerprint density at radius 1 is 1.32 bits per heavy atom. The monoisotopic (exact) mass is 306 g/mol. The number of aliphatic hydroxyl groups is 1. The van der Waals surface area contributed by atoms with Gasteiger partial charge < -0.3 is 20.5 Å². The lowest BCUT2D eigenvalue weighted by molar-refractivity contribution is 0.107.